The van der Waals surface area contributed by atoms with Crippen molar-refractivity contribution >= 4 is 27.3 Å². The maximum atomic E-state index is 12.3. The van der Waals surface area contributed by atoms with Crippen LogP contribution in [-0.4, -0.2) is 32.5 Å². The third kappa shape index (κ3) is 3.90. The molecule has 21 heavy (non-hydrogen) atoms. The van der Waals surface area contributed by atoms with Crippen molar-refractivity contribution in [2.24, 2.45) is 0 Å². The first-order valence-corrected chi connectivity index (χ1v) is 8.45. The van der Waals surface area contributed by atoms with E-state index in [1.165, 1.54) is 7.11 Å². The number of anilines is 1. The molecule has 0 unspecified atom stereocenters. The van der Waals surface area contributed by atoms with Crippen LogP contribution in [0.15, 0.2) is 21.7 Å². The van der Waals surface area contributed by atoms with Gasteiger partial charge in [0.05, 0.1) is 7.11 Å². The maximum absolute atomic E-state index is 12.3. The normalized spacial score (nSPS) is 11.4. The van der Waals surface area contributed by atoms with Crippen LogP contribution in [0.2, 0.25) is 0 Å². The molecule has 0 spiro atoms. The van der Waals surface area contributed by atoms with Gasteiger partial charge in [0.15, 0.2) is 0 Å². The molecule has 0 saturated carbocycles. The van der Waals surface area contributed by atoms with E-state index in [-0.39, 0.29) is 10.2 Å². The van der Waals surface area contributed by atoms with Crippen LogP contribution in [0.3, 0.4) is 0 Å². The Balaban J connectivity index is 2.26. The van der Waals surface area contributed by atoms with Crippen LogP contribution < -0.4 is 14.8 Å². The fourth-order valence-electron chi connectivity index (χ4n) is 1.65. The number of rotatable bonds is 6. The fraction of sp³-hybridized carbons (Fsp3) is 0.333. The van der Waals surface area contributed by atoms with E-state index in [1.54, 1.807) is 31.5 Å². The predicted molar refractivity (Wildman–Crippen MR) is 81.2 cm³/mol. The monoisotopic (exact) mass is 328 g/mol. The Morgan fingerprint density at radius 3 is 2.76 bits per heavy atom. The first kappa shape index (κ1) is 15.7. The zero-order valence-electron chi connectivity index (χ0n) is 11.9. The van der Waals surface area contributed by atoms with Crippen LogP contribution in [0.5, 0.6) is 5.88 Å². The highest BCUT2D eigenvalue weighted by atomic mass is 32.2. The summed E-state index contributed by atoms with van der Waals surface area (Å²) in [5.41, 5.74) is 1.52. The molecule has 0 saturated heterocycles. The lowest BCUT2D eigenvalue weighted by Crippen LogP contribution is -2.14. The van der Waals surface area contributed by atoms with Crippen molar-refractivity contribution in [1.29, 1.82) is 0 Å². The molecule has 0 fully saturated rings. The molecule has 0 atom stereocenters. The summed E-state index contributed by atoms with van der Waals surface area (Å²) < 4.78 is 32.2. The molecule has 0 aliphatic heterocycles. The second-order valence-corrected chi connectivity index (χ2v) is 7.11. The summed E-state index contributed by atoms with van der Waals surface area (Å²) in [5, 5.41) is 4.77. The molecule has 2 aromatic heterocycles. The molecule has 2 rings (SSSR count). The van der Waals surface area contributed by atoms with Crippen LogP contribution in [-0.2, 0) is 16.6 Å². The van der Waals surface area contributed by atoms with Gasteiger partial charge < -0.3 is 10.1 Å². The molecule has 0 amide bonds. The molecule has 0 bridgehead atoms. The highest BCUT2D eigenvalue weighted by molar-refractivity contribution is 7.94. The number of aromatic nitrogens is 2. The minimum absolute atomic E-state index is 0.00424. The van der Waals surface area contributed by atoms with Crippen molar-refractivity contribution in [2.45, 2.75) is 17.7 Å². The van der Waals surface area contributed by atoms with Crippen LogP contribution in [0.1, 0.15) is 11.3 Å². The largest absolute Gasteiger partial charge is 0.481 e. The minimum Gasteiger partial charge on any atom is -0.481 e. The van der Waals surface area contributed by atoms with Crippen LogP contribution in [0, 0.1) is 6.92 Å². The van der Waals surface area contributed by atoms with Gasteiger partial charge in [-0.05, 0) is 31.0 Å². The third-order valence-corrected chi connectivity index (χ3v) is 5.36. The smallest absolute Gasteiger partial charge is 0.273 e. The first-order valence-electron chi connectivity index (χ1n) is 6.09. The van der Waals surface area contributed by atoms with E-state index >= 15 is 0 Å². The first-order chi connectivity index (χ1) is 9.94. The number of sulfonamides is 1. The van der Waals surface area contributed by atoms with Crippen molar-refractivity contribution in [2.75, 3.05) is 18.9 Å². The Bertz CT molecular complexity index is 728. The van der Waals surface area contributed by atoms with Crippen molar-refractivity contribution in [1.82, 2.24) is 15.3 Å². The number of thiophene rings is 1. The van der Waals surface area contributed by atoms with Gasteiger partial charge in [-0.1, -0.05) is 0 Å². The molecule has 114 valence electrons. The number of aryl methyl sites for hydroxylation is 1. The van der Waals surface area contributed by atoms with Crippen molar-refractivity contribution in [3.05, 3.63) is 28.8 Å². The van der Waals surface area contributed by atoms with Crippen molar-refractivity contribution in [3.63, 3.8) is 0 Å². The number of nitrogens with zero attached hydrogens (tertiary/aromatic N) is 2. The van der Waals surface area contributed by atoms with Gasteiger partial charge in [-0.25, -0.2) is 18.1 Å². The Morgan fingerprint density at radius 2 is 2.10 bits per heavy atom. The predicted octanol–water partition coefficient (Wildman–Crippen LogP) is 1.38. The third-order valence-electron chi connectivity index (χ3n) is 2.54. The van der Waals surface area contributed by atoms with E-state index in [0.717, 1.165) is 16.9 Å². The summed E-state index contributed by atoms with van der Waals surface area (Å²) >= 11 is 1.15. The molecule has 2 N–H and O–H groups in total. The van der Waals surface area contributed by atoms with Gasteiger partial charge >= 0.3 is 0 Å². The van der Waals surface area contributed by atoms with E-state index < -0.39 is 10.0 Å². The quantitative estimate of drug-likeness (QED) is 0.832. The van der Waals surface area contributed by atoms with Gasteiger partial charge in [-0.2, -0.15) is 4.98 Å². The summed E-state index contributed by atoms with van der Waals surface area (Å²) in [5.74, 6) is 0.303. The zero-order valence-corrected chi connectivity index (χ0v) is 13.5. The topological polar surface area (TPSA) is 93.2 Å². The summed E-state index contributed by atoms with van der Waals surface area (Å²) in [6.45, 7) is 2.35. The highest BCUT2D eigenvalue weighted by Crippen LogP contribution is 2.22. The lowest BCUT2D eigenvalue weighted by molar-refractivity contribution is 0.397. The molecule has 0 aliphatic carbocycles. The Hall–Kier alpha value is -1.71. The maximum Gasteiger partial charge on any atom is 0.273 e. The van der Waals surface area contributed by atoms with E-state index in [4.69, 9.17) is 4.74 Å². The van der Waals surface area contributed by atoms with E-state index in [1.807, 2.05) is 0 Å². The standard InChI is InChI=1S/C12H16N4O3S2/c1-8-4-10(19-3)15-12(14-8)16-21(17,18)11-5-9(6-13-2)7-20-11/h4-5,7,13H,6H2,1-3H3,(H,14,15,16). The van der Waals surface area contributed by atoms with Gasteiger partial charge in [0, 0.05) is 18.3 Å². The average Bonchev–Trinajstić information content (AvgIpc) is 2.87. The van der Waals surface area contributed by atoms with Crippen LogP contribution >= 0.6 is 11.3 Å². The molecule has 2 aromatic rings. The van der Waals surface area contributed by atoms with Crippen molar-refractivity contribution < 1.29 is 13.2 Å². The number of ether oxygens (including phenoxy) is 1. The summed E-state index contributed by atoms with van der Waals surface area (Å²) in [4.78, 5) is 8.02. The molecular weight excluding hydrogens is 312 g/mol. The second kappa shape index (κ2) is 6.37. The SMILES string of the molecule is CNCc1csc(S(=O)(=O)Nc2nc(C)cc(OC)n2)c1. The molecule has 9 heteroatoms. The van der Waals surface area contributed by atoms with Crippen molar-refractivity contribution in [3.8, 4) is 5.88 Å². The number of methoxy groups -OCH3 is 1. The Labute approximate surface area is 127 Å². The molecule has 0 radical (unpaired) electrons. The molecule has 7 nitrogen and oxygen atoms in total. The fourth-order valence-corrected chi connectivity index (χ4v) is 3.80. The van der Waals surface area contributed by atoms with Crippen LogP contribution in [0.25, 0.3) is 0 Å². The summed E-state index contributed by atoms with van der Waals surface area (Å²) in [6, 6.07) is 3.24. The molecule has 0 aromatic carbocycles. The lowest BCUT2D eigenvalue weighted by atomic mass is 10.3. The average molecular weight is 328 g/mol. The summed E-state index contributed by atoms with van der Waals surface area (Å²) in [7, 11) is -0.428. The molecular formula is C12H16N4O3S2. The second-order valence-electron chi connectivity index (χ2n) is 4.29. The highest BCUT2D eigenvalue weighted by Gasteiger charge is 2.18. The van der Waals surface area contributed by atoms with E-state index in [9.17, 15) is 8.42 Å². The minimum atomic E-state index is -3.69. The lowest BCUT2D eigenvalue weighted by Gasteiger charge is -2.07. The van der Waals surface area contributed by atoms with Gasteiger partial charge in [-0.3, -0.25) is 0 Å². The van der Waals surface area contributed by atoms with Gasteiger partial charge in [0.1, 0.15) is 4.21 Å². The summed E-state index contributed by atoms with van der Waals surface area (Å²) in [6.07, 6.45) is 0. The van der Waals surface area contributed by atoms with E-state index in [2.05, 4.69) is 20.0 Å². The zero-order chi connectivity index (χ0) is 15.5. The Morgan fingerprint density at radius 1 is 1.33 bits per heavy atom. The van der Waals surface area contributed by atoms with Crippen LogP contribution in [0.4, 0.5) is 5.95 Å². The molecule has 0 aliphatic rings. The number of nitrogens with one attached hydrogen (secondary N) is 2. The van der Waals surface area contributed by atoms with Gasteiger partial charge in [-0.15, -0.1) is 11.3 Å². The number of hydrogen-bond acceptors (Lipinski definition) is 7. The van der Waals surface area contributed by atoms with Gasteiger partial charge in [0.25, 0.3) is 10.0 Å². The molecule has 2 heterocycles. The van der Waals surface area contributed by atoms with Gasteiger partial charge in [0.2, 0.25) is 11.8 Å². The Kier molecular flexibility index (Phi) is 4.76. The van der Waals surface area contributed by atoms with E-state index in [0.29, 0.717) is 18.1 Å². The number of hydrogen-bond donors (Lipinski definition) is 2.